The summed E-state index contributed by atoms with van der Waals surface area (Å²) in [6, 6.07) is 1.16. The summed E-state index contributed by atoms with van der Waals surface area (Å²) in [6.07, 6.45) is 6.05. The van der Waals surface area contributed by atoms with Gasteiger partial charge in [-0.25, -0.2) is 0 Å². The van der Waals surface area contributed by atoms with Gasteiger partial charge < -0.3 is 10.6 Å². The molecule has 2 aliphatic rings. The Morgan fingerprint density at radius 2 is 2.05 bits per heavy atom. The fourth-order valence-electron chi connectivity index (χ4n) is 3.17. The third kappa shape index (κ3) is 5.40. The lowest BCUT2D eigenvalue weighted by Gasteiger charge is -2.38. The van der Waals surface area contributed by atoms with Crippen molar-refractivity contribution in [2.24, 2.45) is 0 Å². The second-order valence-corrected chi connectivity index (χ2v) is 5.83. The Kier molecular flexibility index (Phi) is 9.81. The first-order chi connectivity index (χ1) is 8.68. The van der Waals surface area contributed by atoms with Crippen LogP contribution in [-0.2, 0) is 4.79 Å². The molecule has 2 aliphatic heterocycles. The molecule has 20 heavy (non-hydrogen) atoms. The number of amides is 1. The van der Waals surface area contributed by atoms with E-state index in [1.165, 1.54) is 25.8 Å². The lowest BCUT2D eigenvalue weighted by molar-refractivity contribution is -0.123. The van der Waals surface area contributed by atoms with Crippen molar-refractivity contribution in [1.29, 1.82) is 0 Å². The average molecular weight is 326 g/mol. The molecular formula is C14H29Cl2N3O. The van der Waals surface area contributed by atoms with Gasteiger partial charge in [0.1, 0.15) is 0 Å². The predicted molar refractivity (Wildman–Crippen MR) is 88.0 cm³/mol. The van der Waals surface area contributed by atoms with Crippen molar-refractivity contribution in [2.75, 3.05) is 19.6 Å². The molecule has 120 valence electrons. The molecule has 0 spiro atoms. The van der Waals surface area contributed by atoms with E-state index in [1.54, 1.807) is 0 Å². The number of carbonyl (C=O) groups excluding carboxylic acids is 1. The summed E-state index contributed by atoms with van der Waals surface area (Å²) in [5.41, 5.74) is 0. The van der Waals surface area contributed by atoms with Gasteiger partial charge in [-0.05, 0) is 52.6 Å². The molecule has 1 amide bonds. The van der Waals surface area contributed by atoms with Crippen LogP contribution in [0.25, 0.3) is 0 Å². The maximum Gasteiger partial charge on any atom is 0.237 e. The van der Waals surface area contributed by atoms with Crippen molar-refractivity contribution in [3.63, 3.8) is 0 Å². The van der Waals surface area contributed by atoms with Crippen LogP contribution in [-0.4, -0.2) is 48.6 Å². The summed E-state index contributed by atoms with van der Waals surface area (Å²) in [5.74, 6) is 0.184. The molecule has 4 nitrogen and oxygen atoms in total. The molecule has 0 radical (unpaired) electrons. The van der Waals surface area contributed by atoms with Gasteiger partial charge in [0.05, 0.1) is 6.04 Å². The van der Waals surface area contributed by atoms with Crippen molar-refractivity contribution in [2.45, 2.75) is 64.1 Å². The third-order valence-corrected chi connectivity index (χ3v) is 4.37. The molecule has 3 atom stereocenters. The van der Waals surface area contributed by atoms with E-state index in [4.69, 9.17) is 0 Å². The van der Waals surface area contributed by atoms with Crippen LogP contribution in [0.15, 0.2) is 0 Å². The number of rotatable bonds is 4. The highest BCUT2D eigenvalue weighted by Crippen LogP contribution is 2.18. The van der Waals surface area contributed by atoms with Crippen molar-refractivity contribution < 1.29 is 4.79 Å². The third-order valence-electron chi connectivity index (χ3n) is 4.37. The monoisotopic (exact) mass is 325 g/mol. The topological polar surface area (TPSA) is 44.4 Å². The first kappa shape index (κ1) is 20.0. The van der Waals surface area contributed by atoms with E-state index in [0.717, 1.165) is 25.9 Å². The Balaban J connectivity index is 0.00000180. The van der Waals surface area contributed by atoms with Gasteiger partial charge in [-0.2, -0.15) is 0 Å². The number of likely N-dealkylation sites (tertiary alicyclic amines) is 1. The predicted octanol–water partition coefficient (Wildman–Crippen LogP) is 1.96. The quantitative estimate of drug-likeness (QED) is 0.830. The summed E-state index contributed by atoms with van der Waals surface area (Å²) >= 11 is 0. The molecule has 2 fully saturated rings. The van der Waals surface area contributed by atoms with Crippen LogP contribution in [0.5, 0.6) is 0 Å². The van der Waals surface area contributed by atoms with Crippen molar-refractivity contribution in [3.8, 4) is 0 Å². The second kappa shape index (κ2) is 9.82. The molecule has 2 saturated heterocycles. The molecule has 0 aromatic rings. The van der Waals surface area contributed by atoms with Gasteiger partial charge >= 0.3 is 0 Å². The molecule has 0 saturated carbocycles. The van der Waals surface area contributed by atoms with Gasteiger partial charge in [-0.15, -0.1) is 24.8 Å². The fourth-order valence-corrected chi connectivity index (χ4v) is 3.17. The highest BCUT2D eigenvalue weighted by atomic mass is 35.5. The zero-order valence-corrected chi connectivity index (χ0v) is 14.2. The maximum atomic E-state index is 11.9. The van der Waals surface area contributed by atoms with Crippen LogP contribution >= 0.6 is 24.8 Å². The first-order valence-corrected chi connectivity index (χ1v) is 7.45. The summed E-state index contributed by atoms with van der Waals surface area (Å²) in [5, 5.41) is 6.34. The Morgan fingerprint density at radius 1 is 1.30 bits per heavy atom. The molecule has 3 unspecified atom stereocenters. The molecule has 0 aliphatic carbocycles. The van der Waals surface area contributed by atoms with Crippen LogP contribution < -0.4 is 10.6 Å². The SMILES string of the molecule is CC1CCCCN1C(C)CNC(=O)C1CCCN1.Cl.Cl. The van der Waals surface area contributed by atoms with E-state index in [0.29, 0.717) is 12.1 Å². The number of piperidine rings is 1. The molecule has 0 bridgehead atoms. The number of carbonyl (C=O) groups is 1. The Morgan fingerprint density at radius 3 is 2.65 bits per heavy atom. The van der Waals surface area contributed by atoms with Crippen LogP contribution in [0.3, 0.4) is 0 Å². The van der Waals surface area contributed by atoms with Gasteiger partial charge in [0, 0.05) is 18.6 Å². The van der Waals surface area contributed by atoms with Crippen molar-refractivity contribution >= 4 is 30.7 Å². The summed E-state index contributed by atoms with van der Waals surface area (Å²) < 4.78 is 0. The Bertz CT molecular complexity index is 286. The smallest absolute Gasteiger partial charge is 0.237 e. The minimum absolute atomic E-state index is 0. The lowest BCUT2D eigenvalue weighted by atomic mass is 10.0. The molecule has 0 aromatic carbocycles. The van der Waals surface area contributed by atoms with E-state index in [2.05, 4.69) is 29.4 Å². The van der Waals surface area contributed by atoms with Crippen LogP contribution in [0.2, 0.25) is 0 Å². The number of halogens is 2. The van der Waals surface area contributed by atoms with Crippen LogP contribution in [0.4, 0.5) is 0 Å². The largest absolute Gasteiger partial charge is 0.353 e. The number of nitrogens with zero attached hydrogens (tertiary/aromatic N) is 1. The number of hydrogen-bond acceptors (Lipinski definition) is 3. The summed E-state index contributed by atoms with van der Waals surface area (Å²) in [7, 11) is 0. The minimum Gasteiger partial charge on any atom is -0.353 e. The molecule has 2 rings (SSSR count). The molecule has 2 N–H and O–H groups in total. The zero-order valence-electron chi connectivity index (χ0n) is 12.6. The van der Waals surface area contributed by atoms with Gasteiger partial charge in [0.25, 0.3) is 0 Å². The lowest BCUT2D eigenvalue weighted by Crippen LogP contribution is -2.50. The van der Waals surface area contributed by atoms with Gasteiger partial charge in [0.15, 0.2) is 0 Å². The Hall–Kier alpha value is -0.0300. The van der Waals surface area contributed by atoms with Gasteiger partial charge in [-0.3, -0.25) is 9.69 Å². The molecular weight excluding hydrogens is 297 g/mol. The van der Waals surface area contributed by atoms with Crippen LogP contribution in [0, 0.1) is 0 Å². The van der Waals surface area contributed by atoms with E-state index in [-0.39, 0.29) is 36.8 Å². The molecule has 6 heteroatoms. The van der Waals surface area contributed by atoms with E-state index < -0.39 is 0 Å². The van der Waals surface area contributed by atoms with Gasteiger partial charge in [-0.1, -0.05) is 6.42 Å². The molecule has 2 heterocycles. The second-order valence-electron chi connectivity index (χ2n) is 5.83. The minimum atomic E-state index is 0. The van der Waals surface area contributed by atoms with Crippen molar-refractivity contribution in [1.82, 2.24) is 15.5 Å². The normalized spacial score (nSPS) is 28.1. The van der Waals surface area contributed by atoms with E-state index in [9.17, 15) is 4.79 Å². The van der Waals surface area contributed by atoms with E-state index in [1.807, 2.05) is 0 Å². The fraction of sp³-hybridized carbons (Fsp3) is 0.929. The summed E-state index contributed by atoms with van der Waals surface area (Å²) in [4.78, 5) is 14.5. The standard InChI is InChI=1S/C14H27N3O.2ClH/c1-11-6-3-4-9-17(11)12(2)10-16-14(18)13-7-5-8-15-13;;/h11-13,15H,3-10H2,1-2H3,(H,16,18);2*1H. The Labute approximate surface area is 135 Å². The highest BCUT2D eigenvalue weighted by Gasteiger charge is 2.25. The van der Waals surface area contributed by atoms with Gasteiger partial charge in [0.2, 0.25) is 5.91 Å². The zero-order chi connectivity index (χ0) is 13.0. The van der Waals surface area contributed by atoms with E-state index >= 15 is 0 Å². The maximum absolute atomic E-state index is 11.9. The average Bonchev–Trinajstić information content (AvgIpc) is 2.90. The molecule has 0 aromatic heterocycles. The highest BCUT2D eigenvalue weighted by molar-refractivity contribution is 5.85. The number of nitrogens with one attached hydrogen (secondary N) is 2. The van der Waals surface area contributed by atoms with Crippen LogP contribution in [0.1, 0.15) is 46.0 Å². The number of hydrogen-bond donors (Lipinski definition) is 2. The first-order valence-electron chi connectivity index (χ1n) is 7.45. The van der Waals surface area contributed by atoms with Crippen molar-refractivity contribution in [3.05, 3.63) is 0 Å². The summed E-state index contributed by atoms with van der Waals surface area (Å²) in [6.45, 7) is 7.47.